The Morgan fingerprint density at radius 3 is 2.82 bits per heavy atom. The van der Waals surface area contributed by atoms with E-state index in [1.165, 1.54) is 38.6 Å². The molecule has 0 aromatic rings. The van der Waals surface area contributed by atoms with Crippen molar-refractivity contribution in [3.63, 3.8) is 0 Å². The summed E-state index contributed by atoms with van der Waals surface area (Å²) in [5.74, 6) is 0.990. The van der Waals surface area contributed by atoms with Crippen LogP contribution in [0.4, 0.5) is 0 Å². The standard InChI is InChI=1S/C13H23N3O/c17-13-7-9(8-15-13)16-12-4-1-3-10(12)11-5-2-6-14-11/h9-12,14,16H,1-8H2,(H,15,17). The fourth-order valence-electron chi connectivity index (χ4n) is 3.78. The average molecular weight is 237 g/mol. The van der Waals surface area contributed by atoms with Crippen LogP contribution in [-0.2, 0) is 4.79 Å². The van der Waals surface area contributed by atoms with Crippen LogP contribution in [0.15, 0.2) is 0 Å². The summed E-state index contributed by atoms with van der Waals surface area (Å²) in [7, 11) is 0. The molecule has 3 N–H and O–H groups in total. The molecule has 0 radical (unpaired) electrons. The van der Waals surface area contributed by atoms with Gasteiger partial charge in [-0.15, -0.1) is 0 Å². The van der Waals surface area contributed by atoms with E-state index in [9.17, 15) is 4.79 Å². The molecule has 4 unspecified atom stereocenters. The predicted octanol–water partition coefficient (Wildman–Crippen LogP) is 0.385. The molecule has 3 fully saturated rings. The lowest BCUT2D eigenvalue weighted by Gasteiger charge is -2.28. The maximum absolute atomic E-state index is 11.2. The second kappa shape index (κ2) is 4.94. The summed E-state index contributed by atoms with van der Waals surface area (Å²) < 4.78 is 0. The summed E-state index contributed by atoms with van der Waals surface area (Å²) in [5.41, 5.74) is 0. The van der Waals surface area contributed by atoms with Crippen molar-refractivity contribution in [2.75, 3.05) is 13.1 Å². The molecule has 2 saturated heterocycles. The summed E-state index contributed by atoms with van der Waals surface area (Å²) in [6.45, 7) is 2.01. The number of nitrogens with one attached hydrogen (secondary N) is 3. The Labute approximate surface area is 103 Å². The minimum Gasteiger partial charge on any atom is -0.354 e. The molecule has 4 nitrogen and oxygen atoms in total. The first-order valence-corrected chi connectivity index (χ1v) is 7.09. The van der Waals surface area contributed by atoms with Crippen molar-refractivity contribution in [2.24, 2.45) is 5.92 Å². The van der Waals surface area contributed by atoms with E-state index in [1.807, 2.05) is 0 Å². The molecule has 0 spiro atoms. The molecule has 1 saturated carbocycles. The van der Waals surface area contributed by atoms with E-state index in [0.717, 1.165) is 18.5 Å². The SMILES string of the molecule is O=C1CC(NC2CCCC2C2CCCN2)CN1. The van der Waals surface area contributed by atoms with Gasteiger partial charge in [-0.05, 0) is 38.1 Å². The van der Waals surface area contributed by atoms with Gasteiger partial charge in [0, 0.05) is 31.1 Å². The zero-order valence-electron chi connectivity index (χ0n) is 10.4. The average Bonchev–Trinajstić information content (AvgIpc) is 3.00. The topological polar surface area (TPSA) is 53.2 Å². The normalized spacial score (nSPS) is 42.0. The maximum Gasteiger partial charge on any atom is 0.221 e. The van der Waals surface area contributed by atoms with Crippen LogP contribution in [0.25, 0.3) is 0 Å². The van der Waals surface area contributed by atoms with Gasteiger partial charge in [0.25, 0.3) is 0 Å². The molecule has 0 aromatic carbocycles. The van der Waals surface area contributed by atoms with E-state index in [0.29, 0.717) is 18.5 Å². The predicted molar refractivity (Wildman–Crippen MR) is 66.7 cm³/mol. The lowest BCUT2D eigenvalue weighted by atomic mass is 9.92. The zero-order valence-corrected chi connectivity index (χ0v) is 10.4. The summed E-state index contributed by atoms with van der Waals surface area (Å²) >= 11 is 0. The highest BCUT2D eigenvalue weighted by molar-refractivity contribution is 5.78. The van der Waals surface area contributed by atoms with Crippen LogP contribution in [0, 0.1) is 5.92 Å². The smallest absolute Gasteiger partial charge is 0.221 e. The van der Waals surface area contributed by atoms with Gasteiger partial charge in [0.05, 0.1) is 0 Å². The highest BCUT2D eigenvalue weighted by Gasteiger charge is 2.36. The fourth-order valence-corrected chi connectivity index (χ4v) is 3.78. The summed E-state index contributed by atoms with van der Waals surface area (Å²) in [5, 5.41) is 10.3. The molecule has 1 aliphatic carbocycles. The minimum atomic E-state index is 0.205. The number of amides is 1. The first-order valence-electron chi connectivity index (χ1n) is 7.09. The second-order valence-electron chi connectivity index (χ2n) is 5.78. The van der Waals surface area contributed by atoms with E-state index >= 15 is 0 Å². The molecule has 4 heteroatoms. The number of hydrogen-bond donors (Lipinski definition) is 3. The van der Waals surface area contributed by atoms with Crippen molar-refractivity contribution in [3.8, 4) is 0 Å². The molecular formula is C13H23N3O. The fraction of sp³-hybridized carbons (Fsp3) is 0.923. The van der Waals surface area contributed by atoms with Gasteiger partial charge < -0.3 is 16.0 Å². The van der Waals surface area contributed by atoms with E-state index in [1.54, 1.807) is 0 Å². The summed E-state index contributed by atoms with van der Waals surface area (Å²) in [6, 6.07) is 1.72. The molecule has 2 aliphatic heterocycles. The molecule has 17 heavy (non-hydrogen) atoms. The zero-order chi connectivity index (χ0) is 11.7. The van der Waals surface area contributed by atoms with Crippen molar-refractivity contribution < 1.29 is 4.79 Å². The van der Waals surface area contributed by atoms with Gasteiger partial charge in [-0.25, -0.2) is 0 Å². The maximum atomic E-state index is 11.2. The molecule has 1 amide bonds. The minimum absolute atomic E-state index is 0.205. The van der Waals surface area contributed by atoms with Gasteiger partial charge >= 0.3 is 0 Å². The lowest BCUT2D eigenvalue weighted by Crippen LogP contribution is -2.46. The third kappa shape index (κ3) is 2.47. The molecule has 3 aliphatic rings. The van der Waals surface area contributed by atoms with E-state index in [4.69, 9.17) is 0 Å². The van der Waals surface area contributed by atoms with Crippen LogP contribution in [0.3, 0.4) is 0 Å². The van der Waals surface area contributed by atoms with Crippen molar-refractivity contribution in [1.82, 2.24) is 16.0 Å². The number of hydrogen-bond acceptors (Lipinski definition) is 3. The largest absolute Gasteiger partial charge is 0.354 e. The van der Waals surface area contributed by atoms with Gasteiger partial charge in [-0.1, -0.05) is 6.42 Å². The lowest BCUT2D eigenvalue weighted by molar-refractivity contribution is -0.119. The molecular weight excluding hydrogens is 214 g/mol. The van der Waals surface area contributed by atoms with Crippen LogP contribution >= 0.6 is 0 Å². The molecule has 0 aromatic heterocycles. The quantitative estimate of drug-likeness (QED) is 0.665. The van der Waals surface area contributed by atoms with Crippen molar-refractivity contribution in [2.45, 2.75) is 56.7 Å². The molecule has 96 valence electrons. The van der Waals surface area contributed by atoms with Crippen LogP contribution in [0.5, 0.6) is 0 Å². The third-order valence-electron chi connectivity index (χ3n) is 4.61. The van der Waals surface area contributed by atoms with Gasteiger partial charge in [0.1, 0.15) is 0 Å². The molecule has 3 rings (SSSR count). The Kier molecular flexibility index (Phi) is 3.34. The van der Waals surface area contributed by atoms with E-state index in [-0.39, 0.29) is 5.91 Å². The monoisotopic (exact) mass is 237 g/mol. The summed E-state index contributed by atoms with van der Waals surface area (Å²) in [6.07, 6.45) is 7.31. The van der Waals surface area contributed by atoms with E-state index < -0.39 is 0 Å². The Hall–Kier alpha value is -0.610. The second-order valence-corrected chi connectivity index (χ2v) is 5.78. The number of rotatable bonds is 3. The van der Waals surface area contributed by atoms with Crippen LogP contribution < -0.4 is 16.0 Å². The van der Waals surface area contributed by atoms with Crippen molar-refractivity contribution in [3.05, 3.63) is 0 Å². The van der Waals surface area contributed by atoms with Crippen LogP contribution in [-0.4, -0.2) is 37.1 Å². The third-order valence-corrected chi connectivity index (χ3v) is 4.61. The molecule has 2 heterocycles. The Bertz CT molecular complexity index is 288. The van der Waals surface area contributed by atoms with Gasteiger partial charge in [-0.3, -0.25) is 4.79 Å². The highest BCUT2D eigenvalue weighted by Crippen LogP contribution is 2.32. The number of carbonyl (C=O) groups is 1. The highest BCUT2D eigenvalue weighted by atomic mass is 16.1. The van der Waals surface area contributed by atoms with Gasteiger partial charge in [0.2, 0.25) is 5.91 Å². The molecule has 0 bridgehead atoms. The van der Waals surface area contributed by atoms with Crippen LogP contribution in [0.2, 0.25) is 0 Å². The molecule has 4 atom stereocenters. The first-order chi connectivity index (χ1) is 8.33. The number of carbonyl (C=O) groups excluding carboxylic acids is 1. The van der Waals surface area contributed by atoms with Crippen LogP contribution in [0.1, 0.15) is 38.5 Å². The van der Waals surface area contributed by atoms with Gasteiger partial charge in [-0.2, -0.15) is 0 Å². The Balaban J connectivity index is 1.56. The Morgan fingerprint density at radius 1 is 1.18 bits per heavy atom. The van der Waals surface area contributed by atoms with Crippen molar-refractivity contribution in [1.29, 1.82) is 0 Å². The first kappa shape index (κ1) is 11.5. The Morgan fingerprint density at radius 2 is 2.12 bits per heavy atom. The van der Waals surface area contributed by atoms with Crippen molar-refractivity contribution >= 4 is 5.91 Å². The summed E-state index contributed by atoms with van der Waals surface area (Å²) in [4.78, 5) is 11.2. The van der Waals surface area contributed by atoms with Gasteiger partial charge in [0.15, 0.2) is 0 Å². The van der Waals surface area contributed by atoms with E-state index in [2.05, 4.69) is 16.0 Å².